The molecule has 0 aliphatic rings. The van der Waals surface area contributed by atoms with Crippen LogP contribution in [-0.4, -0.2) is 29.6 Å². The Hall–Kier alpha value is -0.0900. The number of halogens is 2. The number of hydrogen-bond acceptors (Lipinski definition) is 2. The van der Waals surface area contributed by atoms with Crippen LogP contribution in [0.2, 0.25) is 5.02 Å². The van der Waals surface area contributed by atoms with E-state index in [1.165, 1.54) is 0 Å². The second-order valence-corrected chi connectivity index (χ2v) is 6.76. The average molecular weight is 349 g/mol. The van der Waals surface area contributed by atoms with Crippen molar-refractivity contribution in [2.24, 2.45) is 5.92 Å². The smallest absolute Gasteiger partial charge is 0.0816 e. The molecule has 19 heavy (non-hydrogen) atoms. The van der Waals surface area contributed by atoms with Crippen LogP contribution in [0.15, 0.2) is 22.7 Å². The molecule has 0 fully saturated rings. The lowest BCUT2D eigenvalue weighted by molar-refractivity contribution is 0.129. The van der Waals surface area contributed by atoms with Crippen molar-refractivity contribution in [2.75, 3.05) is 13.6 Å². The lowest BCUT2D eigenvalue weighted by Crippen LogP contribution is -2.34. The molecular weight excluding hydrogens is 326 g/mol. The van der Waals surface area contributed by atoms with Crippen molar-refractivity contribution in [1.29, 1.82) is 0 Å². The molecule has 0 bridgehead atoms. The first-order chi connectivity index (χ1) is 8.82. The second kappa shape index (κ2) is 7.63. The molecule has 0 aliphatic heterocycles. The van der Waals surface area contributed by atoms with Crippen LogP contribution in [0.1, 0.15) is 38.9 Å². The fourth-order valence-corrected chi connectivity index (χ4v) is 2.77. The predicted molar refractivity (Wildman–Crippen MR) is 85.7 cm³/mol. The number of rotatable bonds is 6. The van der Waals surface area contributed by atoms with Gasteiger partial charge in [0.05, 0.1) is 6.10 Å². The highest BCUT2D eigenvalue weighted by molar-refractivity contribution is 9.10. The van der Waals surface area contributed by atoms with Crippen LogP contribution < -0.4 is 0 Å². The molecule has 2 atom stereocenters. The third-order valence-electron chi connectivity index (χ3n) is 3.74. The molecule has 2 unspecified atom stereocenters. The molecule has 0 radical (unpaired) electrons. The molecule has 1 rings (SSSR count). The van der Waals surface area contributed by atoms with Crippen LogP contribution in [0.3, 0.4) is 0 Å². The molecule has 0 amide bonds. The zero-order chi connectivity index (χ0) is 14.6. The van der Waals surface area contributed by atoms with Gasteiger partial charge in [-0.25, -0.2) is 0 Å². The maximum Gasteiger partial charge on any atom is 0.0816 e. The minimum Gasteiger partial charge on any atom is -0.388 e. The monoisotopic (exact) mass is 347 g/mol. The number of hydrogen-bond donors (Lipinski definition) is 1. The summed E-state index contributed by atoms with van der Waals surface area (Å²) in [5.41, 5.74) is 0.801. The Labute approximate surface area is 129 Å². The zero-order valence-electron chi connectivity index (χ0n) is 12.0. The van der Waals surface area contributed by atoms with E-state index in [0.717, 1.165) is 16.6 Å². The van der Waals surface area contributed by atoms with E-state index in [1.807, 2.05) is 18.2 Å². The average Bonchev–Trinajstić information content (AvgIpc) is 2.34. The molecule has 1 N–H and O–H groups in total. The molecule has 108 valence electrons. The number of benzene rings is 1. The van der Waals surface area contributed by atoms with Crippen molar-refractivity contribution in [2.45, 2.75) is 39.3 Å². The van der Waals surface area contributed by atoms with Crippen LogP contribution in [0.4, 0.5) is 0 Å². The Morgan fingerprint density at radius 2 is 1.95 bits per heavy atom. The van der Waals surface area contributed by atoms with Crippen LogP contribution in [0.25, 0.3) is 0 Å². The molecule has 1 aromatic carbocycles. The van der Waals surface area contributed by atoms with Crippen LogP contribution in [-0.2, 0) is 0 Å². The van der Waals surface area contributed by atoms with Gasteiger partial charge in [-0.1, -0.05) is 47.4 Å². The summed E-state index contributed by atoms with van der Waals surface area (Å²) in [4.78, 5) is 2.28. The minimum atomic E-state index is -0.512. The zero-order valence-corrected chi connectivity index (χ0v) is 14.4. The highest BCUT2D eigenvalue weighted by Crippen LogP contribution is 2.28. The minimum absolute atomic E-state index is 0.507. The van der Waals surface area contributed by atoms with Gasteiger partial charge in [-0.2, -0.15) is 0 Å². The Morgan fingerprint density at radius 3 is 2.47 bits per heavy atom. The van der Waals surface area contributed by atoms with E-state index < -0.39 is 6.10 Å². The van der Waals surface area contributed by atoms with Gasteiger partial charge >= 0.3 is 0 Å². The standard InChI is InChI=1S/C15H23BrClNO/c1-10(2)11(3)18(4)8-7-15(19)13-6-5-12(16)9-14(13)17/h5-6,9-11,15,19H,7-8H2,1-4H3. The van der Waals surface area contributed by atoms with Crippen molar-refractivity contribution in [1.82, 2.24) is 4.90 Å². The summed E-state index contributed by atoms with van der Waals surface area (Å²) in [5.74, 6) is 0.610. The van der Waals surface area contributed by atoms with Crippen molar-refractivity contribution in [3.63, 3.8) is 0 Å². The van der Waals surface area contributed by atoms with Crippen LogP contribution >= 0.6 is 27.5 Å². The highest BCUT2D eigenvalue weighted by Gasteiger charge is 2.16. The summed E-state index contributed by atoms with van der Waals surface area (Å²) in [5, 5.41) is 10.8. The van der Waals surface area contributed by atoms with Crippen molar-refractivity contribution in [3.05, 3.63) is 33.3 Å². The highest BCUT2D eigenvalue weighted by atomic mass is 79.9. The molecule has 0 heterocycles. The molecule has 4 heteroatoms. The van der Waals surface area contributed by atoms with Gasteiger partial charge < -0.3 is 10.0 Å². The third-order valence-corrected chi connectivity index (χ3v) is 4.56. The third kappa shape index (κ3) is 5.07. The van der Waals surface area contributed by atoms with Crippen molar-refractivity contribution in [3.8, 4) is 0 Å². The summed E-state index contributed by atoms with van der Waals surface area (Å²) in [6.07, 6.45) is 0.178. The molecule has 2 nitrogen and oxygen atoms in total. The Kier molecular flexibility index (Phi) is 6.81. The van der Waals surface area contributed by atoms with E-state index in [-0.39, 0.29) is 0 Å². The van der Waals surface area contributed by atoms with E-state index >= 15 is 0 Å². The molecule has 0 spiro atoms. The molecule has 0 aliphatic carbocycles. The Bertz CT molecular complexity index is 411. The van der Waals surface area contributed by atoms with E-state index in [9.17, 15) is 5.11 Å². The van der Waals surface area contributed by atoms with Gasteiger partial charge in [0.25, 0.3) is 0 Å². The molecule has 0 aromatic heterocycles. The van der Waals surface area contributed by atoms with Crippen LogP contribution in [0, 0.1) is 5.92 Å². The maximum atomic E-state index is 10.2. The van der Waals surface area contributed by atoms with Gasteiger partial charge in [0.15, 0.2) is 0 Å². The first kappa shape index (κ1) is 17.0. The fraction of sp³-hybridized carbons (Fsp3) is 0.600. The summed E-state index contributed by atoms with van der Waals surface area (Å²) in [7, 11) is 2.10. The largest absolute Gasteiger partial charge is 0.388 e. The number of nitrogens with zero attached hydrogens (tertiary/aromatic N) is 1. The van der Waals surface area contributed by atoms with Gasteiger partial charge in [0.1, 0.15) is 0 Å². The van der Waals surface area contributed by atoms with E-state index in [0.29, 0.717) is 23.4 Å². The van der Waals surface area contributed by atoms with E-state index in [4.69, 9.17) is 11.6 Å². The Balaban J connectivity index is 2.58. The summed E-state index contributed by atoms with van der Waals surface area (Å²) in [6.45, 7) is 7.49. The summed E-state index contributed by atoms with van der Waals surface area (Å²) in [6, 6.07) is 6.11. The Morgan fingerprint density at radius 1 is 1.32 bits per heavy atom. The van der Waals surface area contributed by atoms with Gasteiger partial charge in [-0.05, 0) is 44.0 Å². The van der Waals surface area contributed by atoms with E-state index in [1.54, 1.807) is 0 Å². The topological polar surface area (TPSA) is 23.5 Å². The quantitative estimate of drug-likeness (QED) is 0.818. The molecule has 0 saturated heterocycles. The van der Waals surface area contributed by atoms with Crippen molar-refractivity contribution < 1.29 is 5.11 Å². The number of aliphatic hydroxyl groups excluding tert-OH is 1. The second-order valence-electron chi connectivity index (χ2n) is 5.44. The van der Waals surface area contributed by atoms with Gasteiger partial charge in [-0.15, -0.1) is 0 Å². The van der Waals surface area contributed by atoms with Gasteiger partial charge in [0.2, 0.25) is 0 Å². The summed E-state index contributed by atoms with van der Waals surface area (Å²) >= 11 is 9.52. The molecular formula is C15H23BrClNO. The molecule has 0 saturated carbocycles. The summed E-state index contributed by atoms with van der Waals surface area (Å²) < 4.78 is 0.930. The first-order valence-corrected chi connectivity index (χ1v) is 7.83. The number of aliphatic hydroxyl groups is 1. The van der Waals surface area contributed by atoms with E-state index in [2.05, 4.69) is 48.6 Å². The lowest BCUT2D eigenvalue weighted by Gasteiger charge is -2.28. The van der Waals surface area contributed by atoms with Gasteiger partial charge in [0, 0.05) is 22.1 Å². The molecule has 1 aromatic rings. The first-order valence-electron chi connectivity index (χ1n) is 6.66. The van der Waals surface area contributed by atoms with Crippen molar-refractivity contribution >= 4 is 27.5 Å². The predicted octanol–water partition coefficient (Wildman–Crippen LogP) is 4.50. The van der Waals surface area contributed by atoms with Gasteiger partial charge in [-0.3, -0.25) is 0 Å². The fourth-order valence-electron chi connectivity index (χ4n) is 1.97. The maximum absolute atomic E-state index is 10.2. The SMILES string of the molecule is CC(C)C(C)N(C)CCC(O)c1ccc(Br)cc1Cl. The van der Waals surface area contributed by atoms with Crippen LogP contribution in [0.5, 0.6) is 0 Å². The lowest BCUT2D eigenvalue weighted by atomic mass is 10.0. The normalized spacial score (nSPS) is 15.0.